The van der Waals surface area contributed by atoms with Gasteiger partial charge < -0.3 is 11.1 Å². The molecule has 0 aliphatic carbocycles. The second-order valence-corrected chi connectivity index (χ2v) is 5.79. The molecule has 2 rings (SSSR count). The van der Waals surface area contributed by atoms with Crippen LogP contribution >= 0.6 is 0 Å². The molecule has 0 bridgehead atoms. The fraction of sp³-hybridized carbons (Fsp3) is 0.562. The van der Waals surface area contributed by atoms with E-state index in [1.54, 1.807) is 6.92 Å². The molecule has 2 atom stereocenters. The normalized spacial score (nSPS) is 23.5. The summed E-state index contributed by atoms with van der Waals surface area (Å²) < 4.78 is 0. The number of nitrogens with one attached hydrogen (secondary N) is 1. The zero-order valence-electron chi connectivity index (χ0n) is 12.2. The van der Waals surface area contributed by atoms with E-state index in [0.29, 0.717) is 12.5 Å². The van der Waals surface area contributed by atoms with E-state index in [-0.39, 0.29) is 11.9 Å². The third-order valence-corrected chi connectivity index (χ3v) is 3.81. The molecule has 110 valence electrons. The lowest BCUT2D eigenvalue weighted by molar-refractivity contribution is -0.119. The molecule has 1 aliphatic rings. The number of carbonyl (C=O) groups is 1. The number of nitrogens with two attached hydrogens (primary N) is 1. The van der Waals surface area contributed by atoms with E-state index in [9.17, 15) is 4.79 Å². The molecule has 1 amide bonds. The molecular formula is C16H25N3O. The molecule has 1 aromatic carbocycles. The van der Waals surface area contributed by atoms with Gasteiger partial charge in [0.2, 0.25) is 5.91 Å². The first kappa shape index (κ1) is 15.0. The maximum atomic E-state index is 10.9. The largest absolute Gasteiger partial charge is 0.355 e. The summed E-state index contributed by atoms with van der Waals surface area (Å²) in [4.78, 5) is 13.3. The Balaban J connectivity index is 1.83. The molecule has 20 heavy (non-hydrogen) atoms. The highest BCUT2D eigenvalue weighted by atomic mass is 16.1. The van der Waals surface area contributed by atoms with Gasteiger partial charge in [-0.2, -0.15) is 0 Å². The molecule has 1 fully saturated rings. The zero-order valence-corrected chi connectivity index (χ0v) is 12.2. The van der Waals surface area contributed by atoms with Crippen LogP contribution in [0.4, 0.5) is 0 Å². The van der Waals surface area contributed by atoms with Gasteiger partial charge in [0, 0.05) is 39.1 Å². The highest BCUT2D eigenvalue weighted by molar-refractivity contribution is 5.72. The van der Waals surface area contributed by atoms with Crippen molar-refractivity contribution in [3.05, 3.63) is 35.9 Å². The highest BCUT2D eigenvalue weighted by Gasteiger charge is 2.24. The van der Waals surface area contributed by atoms with Crippen LogP contribution in [0.15, 0.2) is 30.3 Å². The Morgan fingerprint density at radius 1 is 1.35 bits per heavy atom. The fourth-order valence-corrected chi connectivity index (χ4v) is 3.02. The van der Waals surface area contributed by atoms with Crippen LogP contribution in [-0.4, -0.2) is 43.0 Å². The van der Waals surface area contributed by atoms with Gasteiger partial charge in [0.15, 0.2) is 0 Å². The quantitative estimate of drug-likeness (QED) is 0.843. The van der Waals surface area contributed by atoms with Gasteiger partial charge >= 0.3 is 0 Å². The maximum Gasteiger partial charge on any atom is 0.216 e. The van der Waals surface area contributed by atoms with Gasteiger partial charge in [-0.25, -0.2) is 0 Å². The Bertz CT molecular complexity index is 421. The van der Waals surface area contributed by atoms with Crippen LogP contribution in [0.5, 0.6) is 0 Å². The number of nitrogens with zero attached hydrogens (tertiary/aromatic N) is 1. The van der Waals surface area contributed by atoms with E-state index in [1.165, 1.54) is 5.56 Å². The maximum absolute atomic E-state index is 10.9. The van der Waals surface area contributed by atoms with E-state index in [1.807, 2.05) is 0 Å². The third kappa shape index (κ3) is 4.94. The monoisotopic (exact) mass is 275 g/mol. The van der Waals surface area contributed by atoms with Crippen LogP contribution in [0.2, 0.25) is 0 Å². The van der Waals surface area contributed by atoms with Crippen molar-refractivity contribution in [1.29, 1.82) is 0 Å². The molecule has 0 saturated carbocycles. The summed E-state index contributed by atoms with van der Waals surface area (Å²) in [5.41, 5.74) is 7.55. The molecule has 0 radical (unpaired) electrons. The Morgan fingerprint density at radius 2 is 2.10 bits per heavy atom. The first-order valence-electron chi connectivity index (χ1n) is 7.40. The van der Waals surface area contributed by atoms with Gasteiger partial charge in [0.1, 0.15) is 0 Å². The third-order valence-electron chi connectivity index (χ3n) is 3.81. The molecule has 4 nitrogen and oxygen atoms in total. The predicted molar refractivity (Wildman–Crippen MR) is 81.4 cm³/mol. The van der Waals surface area contributed by atoms with Gasteiger partial charge in [-0.15, -0.1) is 0 Å². The first-order valence-corrected chi connectivity index (χ1v) is 7.40. The average Bonchev–Trinajstić information content (AvgIpc) is 2.38. The molecular weight excluding hydrogens is 250 g/mol. The molecule has 1 saturated heterocycles. The van der Waals surface area contributed by atoms with Gasteiger partial charge in [-0.05, 0) is 24.3 Å². The Hall–Kier alpha value is -1.39. The second kappa shape index (κ2) is 7.41. The minimum atomic E-state index is 0.0344. The van der Waals surface area contributed by atoms with Gasteiger partial charge in [0.05, 0.1) is 0 Å². The van der Waals surface area contributed by atoms with Crippen molar-refractivity contribution in [2.24, 2.45) is 11.7 Å². The van der Waals surface area contributed by atoms with Crippen molar-refractivity contribution in [1.82, 2.24) is 10.2 Å². The molecule has 2 unspecified atom stereocenters. The number of piperidine rings is 1. The first-order chi connectivity index (χ1) is 9.63. The number of hydrogen-bond donors (Lipinski definition) is 2. The summed E-state index contributed by atoms with van der Waals surface area (Å²) in [5.74, 6) is 0.644. The van der Waals surface area contributed by atoms with Crippen LogP contribution in [-0.2, 0) is 11.2 Å². The average molecular weight is 275 g/mol. The van der Waals surface area contributed by atoms with Crippen molar-refractivity contribution in [3.63, 3.8) is 0 Å². The number of amides is 1. The topological polar surface area (TPSA) is 58.4 Å². The lowest BCUT2D eigenvalue weighted by atomic mass is 9.89. The summed E-state index contributed by atoms with van der Waals surface area (Å²) in [6.07, 6.45) is 2.18. The predicted octanol–water partition coefficient (Wildman–Crippen LogP) is 1.01. The summed E-state index contributed by atoms with van der Waals surface area (Å²) in [5, 5.41) is 2.85. The fourth-order valence-electron chi connectivity index (χ4n) is 3.02. The Labute approximate surface area is 121 Å². The van der Waals surface area contributed by atoms with E-state index in [4.69, 9.17) is 5.73 Å². The number of likely N-dealkylation sites (tertiary alicyclic amines) is 1. The standard InChI is InChI=1S/C16H25N3O/c1-13(20)18-7-8-19-11-15(10-16(17)12-19)9-14-5-3-2-4-6-14/h2-6,15-16H,7-12,17H2,1H3,(H,18,20). The van der Waals surface area contributed by atoms with Crippen LogP contribution < -0.4 is 11.1 Å². The molecule has 4 heteroatoms. The lowest BCUT2D eigenvalue weighted by Crippen LogP contribution is -2.49. The summed E-state index contributed by atoms with van der Waals surface area (Å²) >= 11 is 0. The minimum absolute atomic E-state index is 0.0344. The van der Waals surface area contributed by atoms with Gasteiger partial charge in [0.25, 0.3) is 0 Å². The molecule has 3 N–H and O–H groups in total. The smallest absolute Gasteiger partial charge is 0.216 e. The highest BCUT2D eigenvalue weighted by Crippen LogP contribution is 2.20. The SMILES string of the molecule is CC(=O)NCCN1CC(N)CC(Cc2ccccc2)C1. The lowest BCUT2D eigenvalue weighted by Gasteiger charge is -2.36. The number of rotatable bonds is 5. The van der Waals surface area contributed by atoms with Gasteiger partial charge in [-0.3, -0.25) is 9.69 Å². The van der Waals surface area contributed by atoms with E-state index in [0.717, 1.165) is 32.5 Å². The van der Waals surface area contributed by atoms with E-state index in [2.05, 4.69) is 40.5 Å². The summed E-state index contributed by atoms with van der Waals surface area (Å²) in [6.45, 7) is 5.16. The molecule has 1 aromatic rings. The number of hydrogen-bond acceptors (Lipinski definition) is 3. The molecule has 1 heterocycles. The number of carbonyl (C=O) groups excluding carboxylic acids is 1. The van der Waals surface area contributed by atoms with Crippen molar-refractivity contribution in [2.75, 3.05) is 26.2 Å². The van der Waals surface area contributed by atoms with E-state index >= 15 is 0 Å². The Kier molecular flexibility index (Phi) is 5.56. The van der Waals surface area contributed by atoms with Crippen LogP contribution in [0.1, 0.15) is 18.9 Å². The number of benzene rings is 1. The van der Waals surface area contributed by atoms with Crippen molar-refractivity contribution < 1.29 is 4.79 Å². The van der Waals surface area contributed by atoms with E-state index < -0.39 is 0 Å². The van der Waals surface area contributed by atoms with Crippen molar-refractivity contribution in [2.45, 2.75) is 25.8 Å². The summed E-state index contributed by atoms with van der Waals surface area (Å²) in [7, 11) is 0. The van der Waals surface area contributed by atoms with Gasteiger partial charge in [-0.1, -0.05) is 30.3 Å². The molecule has 0 spiro atoms. The Morgan fingerprint density at radius 3 is 2.80 bits per heavy atom. The zero-order chi connectivity index (χ0) is 14.4. The van der Waals surface area contributed by atoms with Crippen molar-refractivity contribution in [3.8, 4) is 0 Å². The second-order valence-electron chi connectivity index (χ2n) is 5.79. The molecule has 1 aliphatic heterocycles. The van der Waals surface area contributed by atoms with Crippen LogP contribution in [0.25, 0.3) is 0 Å². The van der Waals surface area contributed by atoms with Crippen molar-refractivity contribution >= 4 is 5.91 Å². The van der Waals surface area contributed by atoms with Crippen LogP contribution in [0, 0.1) is 5.92 Å². The minimum Gasteiger partial charge on any atom is -0.355 e. The summed E-state index contributed by atoms with van der Waals surface area (Å²) in [6, 6.07) is 10.8. The molecule has 0 aromatic heterocycles. The van der Waals surface area contributed by atoms with Crippen LogP contribution in [0.3, 0.4) is 0 Å².